The van der Waals surface area contributed by atoms with Gasteiger partial charge in [0, 0.05) is 17.1 Å². The molecule has 0 unspecified atom stereocenters. The molecular weight excluding hydrogens is 246 g/mol. The summed E-state index contributed by atoms with van der Waals surface area (Å²) in [5.74, 6) is 5.69. The van der Waals surface area contributed by atoms with Gasteiger partial charge in [-0.2, -0.15) is 0 Å². The van der Waals surface area contributed by atoms with Crippen molar-refractivity contribution in [1.29, 1.82) is 0 Å². The van der Waals surface area contributed by atoms with Crippen molar-refractivity contribution in [2.75, 3.05) is 5.43 Å². The predicted molar refractivity (Wildman–Crippen MR) is 72.3 cm³/mol. The SMILES string of the molecule is NNc1nccc(Sc2cc3ccccc3[nH]2)n1. The molecule has 0 amide bonds. The Balaban J connectivity index is 1.91. The Labute approximate surface area is 108 Å². The molecule has 5 nitrogen and oxygen atoms in total. The number of hydrogen-bond donors (Lipinski definition) is 3. The quantitative estimate of drug-likeness (QED) is 0.381. The van der Waals surface area contributed by atoms with E-state index in [2.05, 4.69) is 32.5 Å². The number of nitrogens with one attached hydrogen (secondary N) is 2. The molecule has 0 aliphatic rings. The van der Waals surface area contributed by atoms with Gasteiger partial charge in [-0.15, -0.1) is 0 Å². The van der Waals surface area contributed by atoms with Crippen LogP contribution < -0.4 is 11.3 Å². The number of hydrogen-bond acceptors (Lipinski definition) is 5. The molecule has 2 aromatic heterocycles. The summed E-state index contributed by atoms with van der Waals surface area (Å²) in [5.41, 5.74) is 3.55. The highest BCUT2D eigenvalue weighted by Gasteiger charge is 2.04. The van der Waals surface area contributed by atoms with Crippen molar-refractivity contribution < 1.29 is 0 Å². The number of fused-ring (bicyclic) bond motifs is 1. The van der Waals surface area contributed by atoms with Gasteiger partial charge in [-0.05, 0) is 18.2 Å². The van der Waals surface area contributed by atoms with Crippen LogP contribution in [-0.4, -0.2) is 15.0 Å². The normalized spacial score (nSPS) is 10.7. The summed E-state index contributed by atoms with van der Waals surface area (Å²) in [6, 6.07) is 12.1. The van der Waals surface area contributed by atoms with E-state index in [1.165, 1.54) is 5.39 Å². The molecule has 0 saturated heterocycles. The largest absolute Gasteiger partial charge is 0.349 e. The Morgan fingerprint density at radius 3 is 2.94 bits per heavy atom. The van der Waals surface area contributed by atoms with Crippen molar-refractivity contribution >= 4 is 28.6 Å². The molecule has 3 aromatic rings. The number of nitrogens with two attached hydrogens (primary N) is 1. The second-order valence-electron chi connectivity index (χ2n) is 3.69. The fourth-order valence-corrected chi connectivity index (χ4v) is 2.52. The van der Waals surface area contributed by atoms with Gasteiger partial charge in [-0.3, -0.25) is 5.43 Å². The minimum absolute atomic E-state index is 0.413. The molecule has 90 valence electrons. The summed E-state index contributed by atoms with van der Waals surface area (Å²) in [4.78, 5) is 11.6. The minimum atomic E-state index is 0.413. The van der Waals surface area contributed by atoms with Crippen LogP contribution >= 0.6 is 11.8 Å². The van der Waals surface area contributed by atoms with Crippen LogP contribution in [0.4, 0.5) is 5.95 Å². The summed E-state index contributed by atoms with van der Waals surface area (Å²) in [6.07, 6.45) is 1.67. The number of nitrogen functional groups attached to an aromatic ring is 1. The molecular formula is C12H11N5S. The number of aromatic amines is 1. The number of hydrazine groups is 1. The highest BCUT2D eigenvalue weighted by molar-refractivity contribution is 7.99. The molecule has 0 aliphatic carbocycles. The van der Waals surface area contributed by atoms with Crippen LogP contribution in [0, 0.1) is 0 Å². The standard InChI is InChI=1S/C12H11N5S/c13-17-12-14-6-5-10(16-12)18-11-7-8-3-1-2-4-9(8)15-11/h1-7,15H,13H2,(H,14,16,17). The molecule has 2 heterocycles. The maximum absolute atomic E-state index is 5.28. The van der Waals surface area contributed by atoms with Gasteiger partial charge in [-0.25, -0.2) is 15.8 Å². The Morgan fingerprint density at radius 1 is 1.22 bits per heavy atom. The molecule has 0 bridgehead atoms. The van der Waals surface area contributed by atoms with Crippen molar-refractivity contribution in [1.82, 2.24) is 15.0 Å². The van der Waals surface area contributed by atoms with E-state index in [0.29, 0.717) is 5.95 Å². The van der Waals surface area contributed by atoms with Gasteiger partial charge < -0.3 is 4.98 Å². The first kappa shape index (κ1) is 11.1. The van der Waals surface area contributed by atoms with Crippen molar-refractivity contribution in [2.24, 2.45) is 5.84 Å². The average Bonchev–Trinajstić information content (AvgIpc) is 2.81. The average molecular weight is 257 g/mol. The summed E-state index contributed by atoms with van der Waals surface area (Å²) in [7, 11) is 0. The molecule has 18 heavy (non-hydrogen) atoms. The van der Waals surface area contributed by atoms with Gasteiger partial charge in [0.1, 0.15) is 5.03 Å². The van der Waals surface area contributed by atoms with Crippen LogP contribution in [0.1, 0.15) is 0 Å². The van der Waals surface area contributed by atoms with Crippen LogP contribution in [-0.2, 0) is 0 Å². The summed E-state index contributed by atoms with van der Waals surface area (Å²) >= 11 is 1.54. The van der Waals surface area contributed by atoms with E-state index in [0.717, 1.165) is 15.6 Å². The Morgan fingerprint density at radius 2 is 2.11 bits per heavy atom. The maximum atomic E-state index is 5.28. The van der Waals surface area contributed by atoms with E-state index in [1.807, 2.05) is 24.3 Å². The van der Waals surface area contributed by atoms with E-state index >= 15 is 0 Å². The van der Waals surface area contributed by atoms with Crippen molar-refractivity contribution in [3.63, 3.8) is 0 Å². The molecule has 3 rings (SSSR count). The summed E-state index contributed by atoms with van der Waals surface area (Å²) < 4.78 is 0. The first-order valence-corrected chi connectivity index (χ1v) is 6.22. The topological polar surface area (TPSA) is 79.6 Å². The Bertz CT molecular complexity index is 646. The lowest BCUT2D eigenvalue weighted by atomic mass is 10.3. The fraction of sp³-hybridized carbons (Fsp3) is 0. The van der Waals surface area contributed by atoms with E-state index in [-0.39, 0.29) is 0 Å². The van der Waals surface area contributed by atoms with Gasteiger partial charge in [0.25, 0.3) is 0 Å². The third kappa shape index (κ3) is 2.15. The molecule has 0 radical (unpaired) electrons. The fourth-order valence-electron chi connectivity index (χ4n) is 1.68. The zero-order chi connectivity index (χ0) is 12.4. The van der Waals surface area contributed by atoms with Gasteiger partial charge in [0.05, 0.1) is 5.03 Å². The zero-order valence-corrected chi connectivity index (χ0v) is 10.2. The number of H-pyrrole nitrogens is 1. The third-order valence-corrected chi connectivity index (χ3v) is 3.36. The smallest absolute Gasteiger partial charge is 0.238 e. The lowest BCUT2D eigenvalue weighted by Crippen LogP contribution is -2.10. The lowest BCUT2D eigenvalue weighted by molar-refractivity contribution is 1.02. The molecule has 4 N–H and O–H groups in total. The van der Waals surface area contributed by atoms with Crippen molar-refractivity contribution in [3.8, 4) is 0 Å². The second-order valence-corrected chi connectivity index (χ2v) is 4.75. The molecule has 0 aliphatic heterocycles. The maximum Gasteiger partial charge on any atom is 0.238 e. The van der Waals surface area contributed by atoms with Crippen molar-refractivity contribution in [3.05, 3.63) is 42.6 Å². The van der Waals surface area contributed by atoms with E-state index in [9.17, 15) is 0 Å². The second kappa shape index (κ2) is 4.67. The van der Waals surface area contributed by atoms with E-state index in [1.54, 1.807) is 18.0 Å². The first-order valence-electron chi connectivity index (χ1n) is 5.40. The minimum Gasteiger partial charge on any atom is -0.349 e. The van der Waals surface area contributed by atoms with Crippen LogP contribution in [0.5, 0.6) is 0 Å². The Kier molecular flexibility index (Phi) is 2.87. The van der Waals surface area contributed by atoms with Crippen LogP contribution in [0.3, 0.4) is 0 Å². The highest BCUT2D eigenvalue weighted by Crippen LogP contribution is 2.28. The highest BCUT2D eigenvalue weighted by atomic mass is 32.2. The van der Waals surface area contributed by atoms with Gasteiger partial charge in [0.15, 0.2) is 0 Å². The van der Waals surface area contributed by atoms with Gasteiger partial charge >= 0.3 is 0 Å². The number of para-hydroxylation sites is 1. The Hall–Kier alpha value is -2.05. The summed E-state index contributed by atoms with van der Waals surface area (Å²) in [6.45, 7) is 0. The first-order chi connectivity index (χ1) is 8.85. The monoisotopic (exact) mass is 257 g/mol. The zero-order valence-electron chi connectivity index (χ0n) is 9.42. The van der Waals surface area contributed by atoms with Crippen molar-refractivity contribution in [2.45, 2.75) is 10.1 Å². The van der Waals surface area contributed by atoms with E-state index < -0.39 is 0 Å². The van der Waals surface area contributed by atoms with Crippen LogP contribution in [0.2, 0.25) is 0 Å². The molecule has 0 fully saturated rings. The van der Waals surface area contributed by atoms with Gasteiger partial charge in [0.2, 0.25) is 5.95 Å². The summed E-state index contributed by atoms with van der Waals surface area (Å²) in [5, 5.41) is 3.06. The predicted octanol–water partition coefficient (Wildman–Crippen LogP) is 2.39. The molecule has 6 heteroatoms. The third-order valence-electron chi connectivity index (χ3n) is 2.48. The number of aromatic nitrogens is 3. The number of anilines is 1. The van der Waals surface area contributed by atoms with E-state index in [4.69, 9.17) is 5.84 Å². The lowest BCUT2D eigenvalue weighted by Gasteiger charge is -2.00. The van der Waals surface area contributed by atoms with Crippen LogP contribution in [0.25, 0.3) is 10.9 Å². The number of rotatable bonds is 3. The molecule has 0 spiro atoms. The number of benzene rings is 1. The van der Waals surface area contributed by atoms with Gasteiger partial charge in [-0.1, -0.05) is 30.0 Å². The molecule has 0 atom stereocenters. The molecule has 0 saturated carbocycles. The van der Waals surface area contributed by atoms with Crippen LogP contribution in [0.15, 0.2) is 52.6 Å². The molecule has 1 aromatic carbocycles. The number of nitrogens with zero attached hydrogens (tertiary/aromatic N) is 2.